The van der Waals surface area contributed by atoms with E-state index in [1.165, 1.54) is 12.3 Å². The average Bonchev–Trinajstić information content (AvgIpc) is 2.77. The molecule has 0 fully saturated rings. The lowest BCUT2D eigenvalue weighted by atomic mass is 10.1. The number of hydrogen-bond donors (Lipinski definition) is 0. The fourth-order valence-corrected chi connectivity index (χ4v) is 2.54. The van der Waals surface area contributed by atoms with Crippen molar-refractivity contribution in [2.75, 3.05) is 0 Å². The zero-order valence-corrected chi connectivity index (χ0v) is 15.1. The molecule has 0 N–H and O–H groups in total. The number of rotatable bonds is 7. The van der Waals surface area contributed by atoms with Crippen LogP contribution in [0.5, 0.6) is 5.75 Å². The Morgan fingerprint density at radius 2 is 1.50 bits per heavy atom. The highest BCUT2D eigenvalue weighted by Crippen LogP contribution is 2.26. The minimum Gasteiger partial charge on any atom is -0.488 e. The van der Waals surface area contributed by atoms with Crippen molar-refractivity contribution in [1.82, 2.24) is 0 Å². The molecule has 0 spiro atoms. The van der Waals surface area contributed by atoms with Crippen molar-refractivity contribution >= 4 is 17.5 Å². The van der Waals surface area contributed by atoms with Gasteiger partial charge in [-0.25, -0.2) is 9.59 Å². The van der Waals surface area contributed by atoms with Crippen LogP contribution in [0.4, 0.5) is 0 Å². The first-order valence-electron chi connectivity index (χ1n) is 8.72. The Balaban J connectivity index is 1.70. The summed E-state index contributed by atoms with van der Waals surface area (Å²) in [5.74, 6) is 1.92. The second-order valence-corrected chi connectivity index (χ2v) is 5.86. The second kappa shape index (κ2) is 9.72. The lowest BCUT2D eigenvalue weighted by Gasteiger charge is -2.10. The summed E-state index contributed by atoms with van der Waals surface area (Å²) < 4.78 is 11.0. The number of carbonyl (C=O) groups excluding carboxylic acids is 2. The third-order valence-electron chi connectivity index (χ3n) is 3.94. The van der Waals surface area contributed by atoms with E-state index in [0.717, 1.165) is 5.56 Å². The normalized spacial score (nSPS) is 10.3. The lowest BCUT2D eigenvalue weighted by Crippen LogP contribution is -2.00. The smallest absolute Gasteiger partial charge is 0.342 e. The number of ether oxygens (including phenoxy) is 2. The highest BCUT2D eigenvalue weighted by Gasteiger charge is 2.09. The first-order chi connectivity index (χ1) is 13.8. The van der Waals surface area contributed by atoms with E-state index in [2.05, 4.69) is 0 Å². The van der Waals surface area contributed by atoms with E-state index in [1.807, 2.05) is 48.4 Å². The van der Waals surface area contributed by atoms with Gasteiger partial charge in [-0.2, -0.15) is 0 Å². The second-order valence-electron chi connectivity index (χ2n) is 5.86. The minimum absolute atomic E-state index is 0.226. The summed E-state index contributed by atoms with van der Waals surface area (Å²) in [6, 6.07) is 25.5. The molecule has 0 saturated heterocycles. The molecule has 0 unspecified atom stereocenters. The van der Waals surface area contributed by atoms with E-state index in [-0.39, 0.29) is 5.57 Å². The zero-order valence-electron chi connectivity index (χ0n) is 15.1. The van der Waals surface area contributed by atoms with E-state index < -0.39 is 5.97 Å². The van der Waals surface area contributed by atoms with Gasteiger partial charge in [0.05, 0.1) is 17.4 Å². The van der Waals surface area contributed by atoms with Crippen LogP contribution in [0.2, 0.25) is 0 Å². The van der Waals surface area contributed by atoms with Crippen molar-refractivity contribution in [3.63, 3.8) is 0 Å². The van der Waals surface area contributed by atoms with Gasteiger partial charge in [-0.05, 0) is 35.9 Å². The highest BCUT2D eigenvalue weighted by atomic mass is 16.5. The van der Waals surface area contributed by atoms with Gasteiger partial charge in [0.1, 0.15) is 18.3 Å². The molecule has 4 heteroatoms. The van der Waals surface area contributed by atoms with Crippen molar-refractivity contribution in [2.45, 2.75) is 6.61 Å². The summed E-state index contributed by atoms with van der Waals surface area (Å²) in [5.41, 5.74) is 2.24. The number of carbonyl (C=O) groups is 1. The molecule has 0 heterocycles. The molecule has 3 aromatic carbocycles. The van der Waals surface area contributed by atoms with E-state index in [4.69, 9.17) is 9.47 Å². The average molecular weight is 370 g/mol. The Labute approximate surface area is 163 Å². The Kier molecular flexibility index (Phi) is 6.56. The molecule has 0 aliphatic heterocycles. The molecule has 0 bridgehead atoms. The predicted molar refractivity (Wildman–Crippen MR) is 107 cm³/mol. The summed E-state index contributed by atoms with van der Waals surface area (Å²) >= 11 is 0. The van der Waals surface area contributed by atoms with E-state index in [9.17, 15) is 9.59 Å². The number of hydrogen-bond acceptors (Lipinski definition) is 4. The Hall–Kier alpha value is -3.88. The first-order valence-corrected chi connectivity index (χ1v) is 8.72. The van der Waals surface area contributed by atoms with Gasteiger partial charge in [0.25, 0.3) is 0 Å². The molecule has 0 atom stereocenters. The number of esters is 1. The van der Waals surface area contributed by atoms with E-state index in [1.54, 1.807) is 42.5 Å². The summed E-state index contributed by atoms with van der Waals surface area (Å²) in [7, 11) is 0. The predicted octanol–water partition coefficient (Wildman–Crippen LogP) is 4.85. The maximum absolute atomic E-state index is 12.0. The Bertz CT molecular complexity index is 1000. The van der Waals surface area contributed by atoms with Crippen LogP contribution in [0.15, 0.2) is 97.3 Å². The van der Waals surface area contributed by atoms with Crippen molar-refractivity contribution in [3.8, 4) is 5.75 Å². The highest BCUT2D eigenvalue weighted by molar-refractivity contribution is 5.95. The van der Waals surface area contributed by atoms with Gasteiger partial charge in [-0.3, -0.25) is 0 Å². The van der Waals surface area contributed by atoms with Crippen LogP contribution < -0.4 is 4.74 Å². The van der Waals surface area contributed by atoms with Crippen LogP contribution in [-0.4, -0.2) is 11.9 Å². The molecule has 0 saturated carbocycles. The maximum atomic E-state index is 12.0. The zero-order chi connectivity index (χ0) is 19.6. The molecule has 138 valence electrons. The van der Waals surface area contributed by atoms with Crippen molar-refractivity contribution in [1.29, 1.82) is 0 Å². The lowest BCUT2D eigenvalue weighted by molar-refractivity contribution is 0.0663. The van der Waals surface area contributed by atoms with Crippen LogP contribution >= 0.6 is 0 Å². The molecule has 0 amide bonds. The summed E-state index contributed by atoms with van der Waals surface area (Å²) in [6.07, 6.45) is 2.59. The largest absolute Gasteiger partial charge is 0.488 e. The van der Waals surface area contributed by atoms with Crippen LogP contribution in [0.1, 0.15) is 21.5 Å². The number of para-hydroxylation sites is 1. The van der Waals surface area contributed by atoms with E-state index in [0.29, 0.717) is 23.5 Å². The summed E-state index contributed by atoms with van der Waals surface area (Å²) in [4.78, 5) is 23.4. The fraction of sp³-hybridized carbons (Fsp3) is 0.0417. The molecule has 0 aliphatic carbocycles. The van der Waals surface area contributed by atoms with Crippen molar-refractivity contribution in [3.05, 3.63) is 114 Å². The molecule has 0 radical (unpaired) electrons. The molecule has 3 rings (SSSR count). The Morgan fingerprint density at radius 1 is 0.857 bits per heavy atom. The van der Waals surface area contributed by atoms with Gasteiger partial charge in [0.15, 0.2) is 0 Å². The molecule has 28 heavy (non-hydrogen) atoms. The van der Waals surface area contributed by atoms with Gasteiger partial charge in [-0.1, -0.05) is 60.7 Å². The third-order valence-corrected chi connectivity index (χ3v) is 3.94. The third kappa shape index (κ3) is 5.07. The molecule has 0 aromatic heterocycles. The van der Waals surface area contributed by atoms with Crippen molar-refractivity contribution in [2.24, 2.45) is 0 Å². The monoisotopic (exact) mass is 370 g/mol. The van der Waals surface area contributed by atoms with Gasteiger partial charge in [0, 0.05) is 5.56 Å². The standard InChI is InChI=1S/C24H18O4/c25-17-21(15-16-27-24(26)20-11-5-2-6-12-20)22-13-7-8-14-23(22)28-18-19-9-3-1-4-10-19/h1-16H,18H2. The van der Waals surface area contributed by atoms with Gasteiger partial charge >= 0.3 is 5.97 Å². The quantitative estimate of drug-likeness (QED) is 0.258. The van der Waals surface area contributed by atoms with Gasteiger partial charge < -0.3 is 9.47 Å². The topological polar surface area (TPSA) is 52.6 Å². The van der Waals surface area contributed by atoms with Crippen molar-refractivity contribution < 1.29 is 19.1 Å². The number of allylic oxidation sites excluding steroid dienone is 2. The first kappa shape index (κ1) is 18.9. The summed E-state index contributed by atoms with van der Waals surface area (Å²) in [5, 5.41) is 0. The van der Waals surface area contributed by atoms with Crippen LogP contribution in [0.3, 0.4) is 0 Å². The fourth-order valence-electron chi connectivity index (χ4n) is 2.54. The maximum Gasteiger partial charge on any atom is 0.342 e. The van der Waals surface area contributed by atoms with Crippen LogP contribution in [0, 0.1) is 0 Å². The molecular formula is C24H18O4. The molecule has 4 nitrogen and oxygen atoms in total. The molecular weight excluding hydrogens is 352 g/mol. The molecule has 0 aliphatic rings. The minimum atomic E-state index is -0.504. The van der Waals surface area contributed by atoms with E-state index >= 15 is 0 Å². The van der Waals surface area contributed by atoms with Gasteiger partial charge in [0.2, 0.25) is 0 Å². The number of benzene rings is 3. The van der Waals surface area contributed by atoms with Crippen LogP contribution in [0.25, 0.3) is 5.57 Å². The van der Waals surface area contributed by atoms with Crippen LogP contribution in [-0.2, 0) is 16.1 Å². The Morgan fingerprint density at radius 3 is 2.21 bits per heavy atom. The summed E-state index contributed by atoms with van der Waals surface area (Å²) in [6.45, 7) is 0.372. The van der Waals surface area contributed by atoms with Gasteiger partial charge in [-0.15, -0.1) is 0 Å². The molecule has 3 aromatic rings. The SMILES string of the molecule is O=C=C(C=COC(=O)c1ccccc1)c1ccccc1OCc1ccccc1.